The molecular formula is C12H17N3O2S. The fourth-order valence-corrected chi connectivity index (χ4v) is 2.29. The molecule has 0 aliphatic heterocycles. The highest BCUT2D eigenvalue weighted by Gasteiger charge is 2.28. The molecule has 0 spiro atoms. The summed E-state index contributed by atoms with van der Waals surface area (Å²) in [6.45, 7) is 2.95. The van der Waals surface area contributed by atoms with E-state index < -0.39 is 0 Å². The van der Waals surface area contributed by atoms with Crippen LogP contribution >= 0.6 is 11.3 Å². The second-order valence-corrected chi connectivity index (χ2v) is 5.41. The molecule has 1 aliphatic rings. The van der Waals surface area contributed by atoms with Crippen molar-refractivity contribution in [2.75, 3.05) is 13.1 Å². The largest absolute Gasteiger partial charge is 0.354 e. The van der Waals surface area contributed by atoms with Crippen molar-refractivity contribution in [3.05, 3.63) is 16.1 Å². The number of aromatic nitrogens is 1. The number of nitrogens with zero attached hydrogens (tertiary/aromatic N) is 1. The Hall–Kier alpha value is -1.43. The molecule has 0 radical (unpaired) electrons. The highest BCUT2D eigenvalue weighted by molar-refractivity contribution is 7.13. The molecule has 2 rings (SSSR count). The quantitative estimate of drug-likeness (QED) is 0.754. The van der Waals surface area contributed by atoms with Gasteiger partial charge in [0.05, 0.1) is 11.2 Å². The first-order valence-corrected chi connectivity index (χ1v) is 7.03. The molecular weight excluding hydrogens is 250 g/mol. The summed E-state index contributed by atoms with van der Waals surface area (Å²) in [6.07, 6.45) is 4.44. The predicted octanol–water partition coefficient (Wildman–Crippen LogP) is 0.961. The number of aryl methyl sites for hydroxylation is 1. The SMILES string of the molecule is CCc1ncc(C(=O)NCCNC(=O)C2CC2)s1. The molecule has 1 saturated carbocycles. The van der Waals surface area contributed by atoms with Crippen LogP contribution < -0.4 is 10.6 Å². The fraction of sp³-hybridized carbons (Fsp3) is 0.583. The Morgan fingerprint density at radius 2 is 2.11 bits per heavy atom. The van der Waals surface area contributed by atoms with Gasteiger partial charge in [-0.05, 0) is 19.3 Å². The third-order valence-corrected chi connectivity index (χ3v) is 3.88. The van der Waals surface area contributed by atoms with Crippen molar-refractivity contribution >= 4 is 23.2 Å². The number of amides is 2. The van der Waals surface area contributed by atoms with Crippen molar-refractivity contribution in [3.63, 3.8) is 0 Å². The van der Waals surface area contributed by atoms with Crippen LogP contribution in [0.1, 0.15) is 34.4 Å². The molecule has 5 nitrogen and oxygen atoms in total. The second-order valence-electron chi connectivity index (χ2n) is 4.29. The highest BCUT2D eigenvalue weighted by atomic mass is 32.1. The number of nitrogens with one attached hydrogen (secondary N) is 2. The lowest BCUT2D eigenvalue weighted by atomic mass is 10.4. The Morgan fingerprint density at radius 3 is 2.72 bits per heavy atom. The maximum atomic E-state index is 11.7. The van der Waals surface area contributed by atoms with E-state index in [-0.39, 0.29) is 17.7 Å². The van der Waals surface area contributed by atoms with Gasteiger partial charge >= 0.3 is 0 Å². The van der Waals surface area contributed by atoms with Gasteiger partial charge in [-0.2, -0.15) is 0 Å². The Labute approximate surface area is 110 Å². The lowest BCUT2D eigenvalue weighted by Crippen LogP contribution is -2.35. The van der Waals surface area contributed by atoms with E-state index in [9.17, 15) is 9.59 Å². The van der Waals surface area contributed by atoms with Gasteiger partial charge in [0.15, 0.2) is 0 Å². The van der Waals surface area contributed by atoms with Crippen LogP contribution in [0, 0.1) is 5.92 Å². The van der Waals surface area contributed by atoms with Gasteiger partial charge < -0.3 is 10.6 Å². The van der Waals surface area contributed by atoms with E-state index in [4.69, 9.17) is 0 Å². The standard InChI is InChI=1S/C12H17N3O2S/c1-2-10-15-7-9(18-10)12(17)14-6-5-13-11(16)8-3-4-8/h7-8H,2-6H2,1H3,(H,13,16)(H,14,17). The molecule has 1 aliphatic carbocycles. The van der Waals surface area contributed by atoms with E-state index in [2.05, 4.69) is 15.6 Å². The van der Waals surface area contributed by atoms with E-state index in [0.29, 0.717) is 18.0 Å². The molecule has 98 valence electrons. The maximum Gasteiger partial charge on any atom is 0.263 e. The fourth-order valence-electron chi connectivity index (χ4n) is 1.52. The Bertz CT molecular complexity index is 440. The molecule has 1 heterocycles. The van der Waals surface area contributed by atoms with Crippen LogP contribution in [0.4, 0.5) is 0 Å². The van der Waals surface area contributed by atoms with Crippen molar-refractivity contribution in [1.82, 2.24) is 15.6 Å². The second kappa shape index (κ2) is 5.95. The minimum atomic E-state index is -0.118. The Balaban J connectivity index is 1.66. The van der Waals surface area contributed by atoms with Gasteiger partial charge in [-0.15, -0.1) is 11.3 Å². The van der Waals surface area contributed by atoms with Gasteiger partial charge in [0, 0.05) is 19.0 Å². The van der Waals surface area contributed by atoms with Crippen LogP contribution in [0.15, 0.2) is 6.20 Å². The number of carbonyl (C=O) groups is 2. The molecule has 1 fully saturated rings. The summed E-state index contributed by atoms with van der Waals surface area (Å²) in [4.78, 5) is 27.8. The van der Waals surface area contributed by atoms with Crippen molar-refractivity contribution in [2.45, 2.75) is 26.2 Å². The molecule has 1 aromatic heterocycles. The van der Waals surface area contributed by atoms with Crippen molar-refractivity contribution < 1.29 is 9.59 Å². The summed E-state index contributed by atoms with van der Waals surface area (Å²) in [5.41, 5.74) is 0. The summed E-state index contributed by atoms with van der Waals surface area (Å²) in [5, 5.41) is 6.53. The van der Waals surface area contributed by atoms with Crippen LogP contribution in [-0.4, -0.2) is 29.9 Å². The number of rotatable bonds is 6. The average Bonchev–Trinajstić information content (AvgIpc) is 3.12. The summed E-state index contributed by atoms with van der Waals surface area (Å²) in [5.74, 6) is 0.206. The first kappa shape index (κ1) is 13.0. The molecule has 18 heavy (non-hydrogen) atoms. The van der Waals surface area contributed by atoms with Gasteiger partial charge in [-0.25, -0.2) is 4.98 Å². The van der Waals surface area contributed by atoms with E-state index in [0.717, 1.165) is 24.3 Å². The first-order valence-electron chi connectivity index (χ1n) is 6.21. The van der Waals surface area contributed by atoms with Crippen molar-refractivity contribution in [1.29, 1.82) is 0 Å². The zero-order valence-electron chi connectivity index (χ0n) is 10.4. The Morgan fingerprint density at radius 1 is 1.39 bits per heavy atom. The molecule has 0 atom stereocenters. The van der Waals surface area contributed by atoms with Gasteiger partial charge in [0.2, 0.25) is 5.91 Å². The normalized spacial score (nSPS) is 14.3. The van der Waals surface area contributed by atoms with Crippen molar-refractivity contribution in [3.8, 4) is 0 Å². The van der Waals surface area contributed by atoms with E-state index in [1.807, 2.05) is 6.92 Å². The van der Waals surface area contributed by atoms with Gasteiger partial charge in [-0.1, -0.05) is 6.92 Å². The molecule has 0 bridgehead atoms. The molecule has 0 saturated heterocycles. The van der Waals surface area contributed by atoms with Gasteiger partial charge in [0.1, 0.15) is 4.88 Å². The number of hydrogen-bond donors (Lipinski definition) is 2. The zero-order chi connectivity index (χ0) is 13.0. The number of carbonyl (C=O) groups excluding carboxylic acids is 2. The van der Waals surface area contributed by atoms with Gasteiger partial charge in [0.25, 0.3) is 5.91 Å². The lowest BCUT2D eigenvalue weighted by molar-refractivity contribution is -0.122. The third kappa shape index (κ3) is 3.53. The topological polar surface area (TPSA) is 71.1 Å². The third-order valence-electron chi connectivity index (χ3n) is 2.74. The Kier molecular flexibility index (Phi) is 4.30. The average molecular weight is 267 g/mol. The monoisotopic (exact) mass is 267 g/mol. The summed E-state index contributed by atoms with van der Waals surface area (Å²) < 4.78 is 0. The molecule has 6 heteroatoms. The molecule has 2 amide bonds. The van der Waals surface area contributed by atoms with Crippen LogP contribution in [0.5, 0.6) is 0 Å². The van der Waals surface area contributed by atoms with Gasteiger partial charge in [-0.3, -0.25) is 9.59 Å². The maximum absolute atomic E-state index is 11.7. The smallest absolute Gasteiger partial charge is 0.263 e. The summed E-state index contributed by atoms with van der Waals surface area (Å²) >= 11 is 1.41. The van der Waals surface area contributed by atoms with Crippen LogP contribution in [-0.2, 0) is 11.2 Å². The van der Waals surface area contributed by atoms with Crippen LogP contribution in [0.25, 0.3) is 0 Å². The highest BCUT2D eigenvalue weighted by Crippen LogP contribution is 2.28. The molecule has 0 aromatic carbocycles. The number of thiazole rings is 1. The molecule has 2 N–H and O–H groups in total. The van der Waals surface area contributed by atoms with Crippen LogP contribution in [0.2, 0.25) is 0 Å². The predicted molar refractivity (Wildman–Crippen MR) is 69.6 cm³/mol. The minimum Gasteiger partial charge on any atom is -0.354 e. The van der Waals surface area contributed by atoms with E-state index in [1.54, 1.807) is 6.20 Å². The van der Waals surface area contributed by atoms with Crippen LogP contribution in [0.3, 0.4) is 0 Å². The van der Waals surface area contributed by atoms with Crippen molar-refractivity contribution in [2.24, 2.45) is 5.92 Å². The van der Waals surface area contributed by atoms with E-state index in [1.165, 1.54) is 11.3 Å². The summed E-state index contributed by atoms with van der Waals surface area (Å²) in [6, 6.07) is 0. The molecule has 0 unspecified atom stereocenters. The number of hydrogen-bond acceptors (Lipinski definition) is 4. The van der Waals surface area contributed by atoms with E-state index >= 15 is 0 Å². The summed E-state index contributed by atoms with van der Waals surface area (Å²) in [7, 11) is 0. The molecule has 1 aromatic rings. The zero-order valence-corrected chi connectivity index (χ0v) is 11.2. The minimum absolute atomic E-state index is 0.107. The first-order chi connectivity index (χ1) is 8.70. The lowest BCUT2D eigenvalue weighted by Gasteiger charge is -2.05.